The highest BCUT2D eigenvalue weighted by Crippen LogP contribution is 2.45. The van der Waals surface area contributed by atoms with Gasteiger partial charge in [-0.1, -0.05) is 46.3 Å². The number of nitrogens with zero attached hydrogens (tertiary/aromatic N) is 2. The fourth-order valence-electron chi connectivity index (χ4n) is 5.29. The molecular weight excluding hydrogens is 480 g/mol. The van der Waals surface area contributed by atoms with Crippen molar-refractivity contribution < 1.29 is 14.7 Å². The number of para-hydroxylation sites is 1. The molecule has 0 unspecified atom stereocenters. The summed E-state index contributed by atoms with van der Waals surface area (Å²) in [6.45, 7) is 0. The van der Waals surface area contributed by atoms with E-state index >= 15 is 0 Å². The van der Waals surface area contributed by atoms with Crippen LogP contribution in [0.5, 0.6) is 5.75 Å². The second-order valence-corrected chi connectivity index (χ2v) is 9.63. The third-order valence-electron chi connectivity index (χ3n) is 6.71. The van der Waals surface area contributed by atoms with Crippen LogP contribution >= 0.6 is 15.9 Å². The normalized spacial score (nSPS) is 15.5. The minimum atomic E-state index is 0.0527. The SMILES string of the molecule is O=C1CCCc2c1c(-c1ccccc1O)c1c(-c3ccc(Br)cc3)nc3c(n21)C(=O)CCC3. The second kappa shape index (κ2) is 7.66. The first-order valence-electron chi connectivity index (χ1n) is 11.3. The van der Waals surface area contributed by atoms with Crippen LogP contribution in [0, 0.1) is 0 Å². The Kier molecular flexibility index (Phi) is 4.73. The summed E-state index contributed by atoms with van der Waals surface area (Å²) in [4.78, 5) is 31.5. The van der Waals surface area contributed by atoms with Gasteiger partial charge in [-0.15, -0.1) is 0 Å². The summed E-state index contributed by atoms with van der Waals surface area (Å²) in [7, 11) is 0. The van der Waals surface area contributed by atoms with Crippen molar-refractivity contribution in [2.75, 3.05) is 0 Å². The zero-order valence-corrected chi connectivity index (χ0v) is 19.5. The summed E-state index contributed by atoms with van der Waals surface area (Å²) in [5.41, 5.74) is 6.52. The van der Waals surface area contributed by atoms with Crippen LogP contribution in [-0.4, -0.2) is 26.1 Å². The minimum Gasteiger partial charge on any atom is -0.507 e. The van der Waals surface area contributed by atoms with E-state index in [1.807, 2.05) is 40.8 Å². The number of hydrogen-bond donors (Lipinski definition) is 1. The summed E-state index contributed by atoms with van der Waals surface area (Å²) >= 11 is 3.50. The Labute approximate surface area is 199 Å². The van der Waals surface area contributed by atoms with Crippen LogP contribution in [0.1, 0.15) is 57.9 Å². The van der Waals surface area contributed by atoms with E-state index in [-0.39, 0.29) is 17.3 Å². The van der Waals surface area contributed by atoms with Crippen molar-refractivity contribution in [3.8, 4) is 28.1 Å². The number of Topliss-reactive ketones (excluding diaryl/α,β-unsaturated/α-hetero) is 2. The molecule has 1 N–H and O–H groups in total. The zero-order valence-electron chi connectivity index (χ0n) is 17.9. The van der Waals surface area contributed by atoms with Gasteiger partial charge >= 0.3 is 0 Å². The Balaban J connectivity index is 1.85. The van der Waals surface area contributed by atoms with Crippen molar-refractivity contribution in [2.45, 2.75) is 38.5 Å². The molecule has 0 atom stereocenters. The van der Waals surface area contributed by atoms with Crippen LogP contribution in [0.15, 0.2) is 53.0 Å². The first-order chi connectivity index (χ1) is 16.0. The molecule has 0 radical (unpaired) electrons. The monoisotopic (exact) mass is 500 g/mol. The fraction of sp³-hybridized carbons (Fsp3) is 0.222. The Morgan fingerprint density at radius 2 is 1.58 bits per heavy atom. The molecule has 2 aliphatic carbocycles. The highest BCUT2D eigenvalue weighted by Gasteiger charge is 2.34. The fourth-order valence-corrected chi connectivity index (χ4v) is 5.56. The molecule has 2 heterocycles. The van der Waals surface area contributed by atoms with E-state index in [4.69, 9.17) is 4.98 Å². The Hall–Kier alpha value is -3.25. The smallest absolute Gasteiger partial charge is 0.181 e. The maximum Gasteiger partial charge on any atom is 0.181 e. The van der Waals surface area contributed by atoms with Crippen LogP contribution in [-0.2, 0) is 12.8 Å². The van der Waals surface area contributed by atoms with Crippen LogP contribution in [0.3, 0.4) is 0 Å². The summed E-state index contributed by atoms with van der Waals surface area (Å²) in [5, 5.41) is 10.8. The van der Waals surface area contributed by atoms with Crippen LogP contribution < -0.4 is 0 Å². The molecule has 0 spiro atoms. The van der Waals surface area contributed by atoms with Gasteiger partial charge < -0.3 is 9.51 Å². The van der Waals surface area contributed by atoms with Crippen molar-refractivity contribution in [3.05, 3.63) is 75.6 Å². The topological polar surface area (TPSA) is 71.7 Å². The summed E-state index contributed by atoms with van der Waals surface area (Å²) in [5.74, 6) is 0.227. The number of fused-ring (bicyclic) bond motifs is 5. The predicted octanol–water partition coefficient (Wildman–Crippen LogP) is 6.17. The van der Waals surface area contributed by atoms with Gasteiger partial charge in [0.1, 0.15) is 11.4 Å². The van der Waals surface area contributed by atoms with E-state index in [2.05, 4.69) is 15.9 Å². The van der Waals surface area contributed by atoms with Crippen molar-refractivity contribution >= 4 is 33.0 Å². The molecule has 5 nitrogen and oxygen atoms in total. The van der Waals surface area contributed by atoms with Gasteiger partial charge in [0.15, 0.2) is 11.6 Å². The Morgan fingerprint density at radius 1 is 0.848 bits per heavy atom. The number of rotatable bonds is 2. The van der Waals surface area contributed by atoms with Gasteiger partial charge in [0.25, 0.3) is 0 Å². The maximum absolute atomic E-state index is 13.3. The number of aryl methyl sites for hydroxylation is 2. The van der Waals surface area contributed by atoms with Gasteiger partial charge in [-0.05, 0) is 43.9 Å². The van der Waals surface area contributed by atoms with E-state index in [1.54, 1.807) is 12.1 Å². The van der Waals surface area contributed by atoms with E-state index < -0.39 is 0 Å². The molecular formula is C27H21BrN2O3. The molecule has 0 amide bonds. The molecule has 2 aliphatic rings. The first kappa shape index (κ1) is 20.4. The molecule has 164 valence electrons. The van der Waals surface area contributed by atoms with Crippen molar-refractivity contribution in [2.24, 2.45) is 0 Å². The number of carbonyl (C=O) groups is 2. The zero-order chi connectivity index (χ0) is 22.7. The lowest BCUT2D eigenvalue weighted by atomic mass is 9.90. The quantitative estimate of drug-likeness (QED) is 0.357. The van der Waals surface area contributed by atoms with E-state index in [9.17, 15) is 14.7 Å². The van der Waals surface area contributed by atoms with Gasteiger partial charge in [0.05, 0.1) is 16.9 Å². The number of benzene rings is 2. The number of aromatic nitrogens is 2. The number of ketones is 2. The van der Waals surface area contributed by atoms with E-state index in [1.165, 1.54) is 0 Å². The van der Waals surface area contributed by atoms with Gasteiger partial charge in [-0.25, -0.2) is 4.98 Å². The molecule has 33 heavy (non-hydrogen) atoms. The average Bonchev–Trinajstić information content (AvgIpc) is 3.16. The highest BCUT2D eigenvalue weighted by atomic mass is 79.9. The van der Waals surface area contributed by atoms with Crippen LogP contribution in [0.4, 0.5) is 0 Å². The number of halogens is 1. The molecule has 0 aliphatic heterocycles. The third kappa shape index (κ3) is 3.08. The summed E-state index contributed by atoms with van der Waals surface area (Å²) in [6, 6.07) is 15.0. The maximum atomic E-state index is 13.3. The molecule has 0 saturated carbocycles. The summed E-state index contributed by atoms with van der Waals surface area (Å²) < 4.78 is 2.97. The molecule has 6 heteroatoms. The number of aromatic hydroxyl groups is 1. The first-order valence-corrected chi connectivity index (χ1v) is 12.0. The average molecular weight is 501 g/mol. The molecule has 4 aromatic rings. The lowest BCUT2D eigenvalue weighted by molar-refractivity contribution is 0.0954. The van der Waals surface area contributed by atoms with Crippen molar-refractivity contribution in [1.29, 1.82) is 0 Å². The molecule has 2 aromatic carbocycles. The Morgan fingerprint density at radius 3 is 2.36 bits per heavy atom. The van der Waals surface area contributed by atoms with Gasteiger partial charge in [-0.3, -0.25) is 9.59 Å². The summed E-state index contributed by atoms with van der Waals surface area (Å²) in [6.07, 6.45) is 3.90. The predicted molar refractivity (Wildman–Crippen MR) is 130 cm³/mol. The standard InChI is InChI=1S/C27H21BrN2O3/c28-16-13-11-15(12-14-16)25-27-23(17-5-1-2-8-20(17)31)24-19(7-4-9-21(24)32)30(27)26-18(29-25)6-3-10-22(26)33/h1-2,5,8,11-14,31H,3-4,6-7,9-10H2. The van der Waals surface area contributed by atoms with Crippen LogP contribution in [0.25, 0.3) is 27.9 Å². The molecule has 0 saturated heterocycles. The molecule has 0 bridgehead atoms. The van der Waals surface area contributed by atoms with Crippen molar-refractivity contribution in [3.63, 3.8) is 0 Å². The van der Waals surface area contributed by atoms with Gasteiger partial charge in [0, 0.05) is 45.3 Å². The van der Waals surface area contributed by atoms with Gasteiger partial charge in [-0.2, -0.15) is 0 Å². The lowest BCUT2D eigenvalue weighted by Crippen LogP contribution is -2.20. The largest absolute Gasteiger partial charge is 0.507 e. The molecule has 6 rings (SSSR count). The lowest BCUT2D eigenvalue weighted by Gasteiger charge is -2.20. The molecule has 2 aromatic heterocycles. The van der Waals surface area contributed by atoms with Crippen LogP contribution in [0.2, 0.25) is 0 Å². The Bertz CT molecular complexity index is 1470. The molecule has 0 fully saturated rings. The number of phenols is 1. The number of carbonyl (C=O) groups excluding carboxylic acids is 2. The third-order valence-corrected chi connectivity index (χ3v) is 7.23. The van der Waals surface area contributed by atoms with E-state index in [0.717, 1.165) is 51.9 Å². The minimum absolute atomic E-state index is 0.0527. The van der Waals surface area contributed by atoms with Crippen molar-refractivity contribution in [1.82, 2.24) is 9.38 Å². The number of phenolic OH excluding ortho intramolecular Hbond substituents is 1. The highest BCUT2D eigenvalue weighted by molar-refractivity contribution is 9.10. The second-order valence-electron chi connectivity index (χ2n) is 8.71. The van der Waals surface area contributed by atoms with Gasteiger partial charge in [0.2, 0.25) is 0 Å². The number of hydrogen-bond acceptors (Lipinski definition) is 4. The van der Waals surface area contributed by atoms with E-state index in [0.29, 0.717) is 41.6 Å².